The molecule has 84 valence electrons. The monoisotopic (exact) mass is 237 g/mol. The van der Waals surface area contributed by atoms with Crippen LogP contribution in [-0.4, -0.2) is 21.8 Å². The van der Waals surface area contributed by atoms with Gasteiger partial charge in [-0.15, -0.1) is 0 Å². The first-order valence-electron chi connectivity index (χ1n) is 4.44. The lowest BCUT2D eigenvalue weighted by atomic mass is 10.2. The highest BCUT2D eigenvalue weighted by Gasteiger charge is 2.11. The largest absolute Gasteiger partial charge is 0.496 e. The number of hydrogen-bond donors (Lipinski definition) is 0. The number of methoxy groups -OCH3 is 1. The molecule has 1 rings (SSSR count). The number of sulfone groups is 1. The average Bonchev–Trinajstić information content (AvgIpc) is 2.24. The topological polar surface area (TPSA) is 67.2 Å². The Bertz CT molecular complexity index is 553. The molecule has 0 radical (unpaired) electrons. The zero-order chi connectivity index (χ0) is 12.2. The van der Waals surface area contributed by atoms with Crippen LogP contribution in [0.15, 0.2) is 29.2 Å². The number of ether oxygens (including phenoxy) is 1. The van der Waals surface area contributed by atoms with Gasteiger partial charge in [0.25, 0.3) is 0 Å². The number of nitrogens with zero attached hydrogens (tertiary/aromatic N) is 1. The first kappa shape index (κ1) is 12.3. The van der Waals surface area contributed by atoms with Crippen molar-refractivity contribution < 1.29 is 13.2 Å². The van der Waals surface area contributed by atoms with Gasteiger partial charge < -0.3 is 4.74 Å². The van der Waals surface area contributed by atoms with Crippen molar-refractivity contribution in [2.24, 2.45) is 0 Å². The molecule has 0 spiro atoms. The van der Waals surface area contributed by atoms with Crippen molar-refractivity contribution in [1.29, 1.82) is 5.26 Å². The molecule has 4 nitrogen and oxygen atoms in total. The normalized spacial score (nSPS) is 11.9. The van der Waals surface area contributed by atoms with Gasteiger partial charge >= 0.3 is 0 Å². The smallest absolute Gasteiger partial charge is 0.185 e. The summed E-state index contributed by atoms with van der Waals surface area (Å²) in [6, 6.07) is 8.55. The minimum atomic E-state index is -3.49. The Kier molecular flexibility index (Phi) is 3.69. The van der Waals surface area contributed by atoms with Crippen LogP contribution in [0.5, 0.6) is 5.75 Å². The lowest BCUT2D eigenvalue weighted by Gasteiger charge is -2.03. The van der Waals surface area contributed by atoms with Crippen LogP contribution in [0.25, 0.3) is 6.08 Å². The van der Waals surface area contributed by atoms with Crippen molar-refractivity contribution in [3.63, 3.8) is 0 Å². The molecule has 0 unspecified atom stereocenters. The molecule has 0 fully saturated rings. The molecule has 0 aliphatic rings. The van der Waals surface area contributed by atoms with E-state index < -0.39 is 9.84 Å². The van der Waals surface area contributed by atoms with Gasteiger partial charge in [0.1, 0.15) is 16.7 Å². The average molecular weight is 237 g/mol. The van der Waals surface area contributed by atoms with E-state index in [1.807, 2.05) is 0 Å². The van der Waals surface area contributed by atoms with Crippen LogP contribution < -0.4 is 4.74 Å². The first-order chi connectivity index (χ1) is 7.49. The third kappa shape index (κ3) is 2.84. The Labute approximate surface area is 94.7 Å². The van der Waals surface area contributed by atoms with Crippen LogP contribution >= 0.6 is 0 Å². The molecule has 1 aromatic carbocycles. The minimum absolute atomic E-state index is 0.281. The fraction of sp³-hybridized carbons (Fsp3) is 0.182. The van der Waals surface area contributed by atoms with Gasteiger partial charge in [-0.25, -0.2) is 8.42 Å². The summed E-state index contributed by atoms with van der Waals surface area (Å²) in [7, 11) is -2.01. The maximum Gasteiger partial charge on any atom is 0.185 e. The highest BCUT2D eigenvalue weighted by Crippen LogP contribution is 2.21. The number of benzene rings is 1. The van der Waals surface area contributed by atoms with E-state index in [-0.39, 0.29) is 4.91 Å². The fourth-order valence-corrected chi connectivity index (χ4v) is 1.66. The third-order valence-electron chi connectivity index (χ3n) is 1.94. The summed E-state index contributed by atoms with van der Waals surface area (Å²) in [6.07, 6.45) is 2.30. The maximum absolute atomic E-state index is 11.2. The van der Waals surface area contributed by atoms with E-state index in [1.54, 1.807) is 30.3 Å². The molecule has 0 bridgehead atoms. The first-order valence-corrected chi connectivity index (χ1v) is 6.33. The van der Waals surface area contributed by atoms with Crippen LogP contribution in [0.1, 0.15) is 5.56 Å². The van der Waals surface area contributed by atoms with E-state index in [4.69, 9.17) is 10.00 Å². The van der Waals surface area contributed by atoms with Crippen molar-refractivity contribution in [2.75, 3.05) is 13.4 Å². The number of allylic oxidation sites excluding steroid dienone is 1. The number of hydrogen-bond acceptors (Lipinski definition) is 4. The Hall–Kier alpha value is -1.80. The second-order valence-electron chi connectivity index (χ2n) is 3.13. The van der Waals surface area contributed by atoms with Gasteiger partial charge in [-0.2, -0.15) is 5.26 Å². The SMILES string of the molecule is COc1ccccc1C=C(C#N)S(C)(=O)=O. The van der Waals surface area contributed by atoms with E-state index in [0.29, 0.717) is 11.3 Å². The van der Waals surface area contributed by atoms with Crippen molar-refractivity contribution in [3.8, 4) is 11.8 Å². The van der Waals surface area contributed by atoms with Crippen LogP contribution in [0, 0.1) is 11.3 Å². The van der Waals surface area contributed by atoms with Crippen LogP contribution in [-0.2, 0) is 9.84 Å². The van der Waals surface area contributed by atoms with Gasteiger partial charge in [-0.3, -0.25) is 0 Å². The molecule has 0 amide bonds. The molecular weight excluding hydrogens is 226 g/mol. The zero-order valence-corrected chi connectivity index (χ0v) is 9.78. The van der Waals surface area contributed by atoms with Gasteiger partial charge in [0.05, 0.1) is 7.11 Å². The summed E-state index contributed by atoms with van der Waals surface area (Å²) in [6.45, 7) is 0. The van der Waals surface area contributed by atoms with Gasteiger partial charge in [0.15, 0.2) is 9.84 Å². The van der Waals surface area contributed by atoms with Gasteiger partial charge in [-0.1, -0.05) is 18.2 Å². The Morgan fingerprint density at radius 1 is 1.44 bits per heavy atom. The molecular formula is C11H11NO3S. The predicted molar refractivity (Wildman–Crippen MR) is 61.4 cm³/mol. The molecule has 0 aromatic heterocycles. The second-order valence-corrected chi connectivity index (χ2v) is 5.12. The summed E-state index contributed by atoms with van der Waals surface area (Å²) in [4.78, 5) is -0.281. The molecule has 0 atom stereocenters. The standard InChI is InChI=1S/C11H11NO3S/c1-15-11-6-4-3-5-9(11)7-10(8-12)16(2,13)14/h3-7H,1-2H3. The maximum atomic E-state index is 11.2. The van der Waals surface area contributed by atoms with Crippen molar-refractivity contribution in [2.45, 2.75) is 0 Å². The van der Waals surface area contributed by atoms with E-state index in [2.05, 4.69) is 0 Å². The predicted octanol–water partition coefficient (Wildman–Crippen LogP) is 1.60. The fourth-order valence-electron chi connectivity index (χ4n) is 1.15. The highest BCUT2D eigenvalue weighted by atomic mass is 32.2. The second kappa shape index (κ2) is 4.81. The van der Waals surface area contributed by atoms with Crippen LogP contribution in [0.3, 0.4) is 0 Å². The molecule has 0 saturated carbocycles. The van der Waals surface area contributed by atoms with E-state index in [9.17, 15) is 8.42 Å². The summed E-state index contributed by atoms with van der Waals surface area (Å²) < 4.78 is 27.5. The molecule has 0 aliphatic carbocycles. The molecule has 0 heterocycles. The van der Waals surface area contributed by atoms with Gasteiger partial charge in [0, 0.05) is 11.8 Å². The van der Waals surface area contributed by atoms with Crippen molar-refractivity contribution in [3.05, 3.63) is 34.7 Å². The molecule has 1 aromatic rings. The van der Waals surface area contributed by atoms with Gasteiger partial charge in [-0.05, 0) is 12.1 Å². The third-order valence-corrected chi connectivity index (χ3v) is 2.94. The number of para-hydroxylation sites is 1. The van der Waals surface area contributed by atoms with E-state index in [0.717, 1.165) is 6.26 Å². The van der Waals surface area contributed by atoms with Crippen molar-refractivity contribution >= 4 is 15.9 Å². The summed E-state index contributed by atoms with van der Waals surface area (Å²) in [5, 5.41) is 8.75. The number of rotatable bonds is 3. The summed E-state index contributed by atoms with van der Waals surface area (Å²) in [5.74, 6) is 0.527. The Morgan fingerprint density at radius 3 is 2.56 bits per heavy atom. The lowest BCUT2D eigenvalue weighted by Crippen LogP contribution is -1.98. The van der Waals surface area contributed by atoms with Crippen LogP contribution in [0.2, 0.25) is 0 Å². The lowest BCUT2D eigenvalue weighted by molar-refractivity contribution is 0.414. The van der Waals surface area contributed by atoms with Gasteiger partial charge in [0.2, 0.25) is 0 Å². The molecule has 5 heteroatoms. The summed E-state index contributed by atoms with van der Waals surface area (Å²) in [5.41, 5.74) is 0.562. The molecule has 16 heavy (non-hydrogen) atoms. The highest BCUT2D eigenvalue weighted by molar-refractivity contribution is 7.95. The Balaban J connectivity index is 3.31. The molecule has 0 N–H and O–H groups in total. The van der Waals surface area contributed by atoms with Crippen molar-refractivity contribution in [1.82, 2.24) is 0 Å². The number of nitriles is 1. The summed E-state index contributed by atoms with van der Waals surface area (Å²) >= 11 is 0. The molecule has 0 aliphatic heterocycles. The minimum Gasteiger partial charge on any atom is -0.496 e. The molecule has 0 saturated heterocycles. The quantitative estimate of drug-likeness (QED) is 0.749. The zero-order valence-electron chi connectivity index (χ0n) is 8.97. The van der Waals surface area contributed by atoms with Crippen LogP contribution in [0.4, 0.5) is 0 Å². The Morgan fingerprint density at radius 2 is 2.06 bits per heavy atom. The van der Waals surface area contributed by atoms with E-state index in [1.165, 1.54) is 13.2 Å². The van der Waals surface area contributed by atoms with E-state index >= 15 is 0 Å².